The number of carboxylic acids is 1. The van der Waals surface area contributed by atoms with Crippen LogP contribution in [0, 0.1) is 0 Å². The van der Waals surface area contributed by atoms with Crippen molar-refractivity contribution in [1.29, 1.82) is 0 Å². The maximum absolute atomic E-state index is 13.3. The molecule has 0 saturated carbocycles. The van der Waals surface area contributed by atoms with Gasteiger partial charge in [-0.05, 0) is 48.4 Å². The summed E-state index contributed by atoms with van der Waals surface area (Å²) >= 11 is 0. The molecule has 3 heterocycles. The van der Waals surface area contributed by atoms with Gasteiger partial charge in [-0.1, -0.05) is 19.1 Å². The predicted octanol–water partition coefficient (Wildman–Crippen LogP) is 1.69. The van der Waals surface area contributed by atoms with Gasteiger partial charge in [0.05, 0.1) is 10.5 Å². The number of carbonyl (C=O) groups is 1. The standard InChI is InChI=1S/C26H28N6O6S/c1-2-11-32-24(33)21-23(29-26(32)36)28-22(27-21)18-7-9-20(10-8-18)39(37,38)31-14-12-30(13-15-31)16-17-3-5-19(6-4-17)25(34)35/h3-10H,2,11-16H2,1H3,(H,27,28)(H,29,36)(H,34,35). The number of hydrogen-bond acceptors (Lipinski definition) is 7. The van der Waals surface area contributed by atoms with E-state index in [9.17, 15) is 22.8 Å². The number of benzene rings is 2. The molecule has 2 aromatic heterocycles. The highest BCUT2D eigenvalue weighted by atomic mass is 32.2. The van der Waals surface area contributed by atoms with Crippen LogP contribution in [0.4, 0.5) is 0 Å². The van der Waals surface area contributed by atoms with Gasteiger partial charge in [-0.15, -0.1) is 0 Å². The van der Waals surface area contributed by atoms with E-state index in [4.69, 9.17) is 5.11 Å². The number of nitrogens with zero attached hydrogens (tertiary/aromatic N) is 4. The number of carboxylic acid groups (broad SMARTS) is 1. The van der Waals surface area contributed by atoms with Gasteiger partial charge in [0.15, 0.2) is 5.65 Å². The van der Waals surface area contributed by atoms with E-state index in [1.54, 1.807) is 36.4 Å². The summed E-state index contributed by atoms with van der Waals surface area (Å²) in [5.41, 5.74) is 1.13. The van der Waals surface area contributed by atoms with Crippen LogP contribution in [0.5, 0.6) is 0 Å². The summed E-state index contributed by atoms with van der Waals surface area (Å²) in [4.78, 5) is 48.1. The normalized spacial score (nSPS) is 15.1. The van der Waals surface area contributed by atoms with Gasteiger partial charge in [0.25, 0.3) is 5.56 Å². The number of aromatic nitrogens is 4. The molecule has 1 saturated heterocycles. The summed E-state index contributed by atoms with van der Waals surface area (Å²) in [5.74, 6) is -0.625. The second kappa shape index (κ2) is 10.6. The zero-order chi connectivity index (χ0) is 27.7. The number of fused-ring (bicyclic) bond motifs is 1. The van der Waals surface area contributed by atoms with Crippen LogP contribution < -0.4 is 11.2 Å². The van der Waals surface area contributed by atoms with Crippen molar-refractivity contribution in [3.8, 4) is 11.4 Å². The number of aromatic carboxylic acids is 1. The lowest BCUT2D eigenvalue weighted by Crippen LogP contribution is -2.48. The highest BCUT2D eigenvalue weighted by Crippen LogP contribution is 2.23. The Morgan fingerprint density at radius 3 is 2.26 bits per heavy atom. The Labute approximate surface area is 223 Å². The minimum Gasteiger partial charge on any atom is -0.478 e. The third-order valence-corrected chi connectivity index (χ3v) is 8.70. The number of hydrogen-bond donors (Lipinski definition) is 3. The molecule has 0 atom stereocenters. The molecular weight excluding hydrogens is 524 g/mol. The maximum Gasteiger partial charge on any atom is 0.335 e. The Balaban J connectivity index is 1.27. The number of imidazole rings is 1. The van der Waals surface area contributed by atoms with Crippen molar-refractivity contribution in [1.82, 2.24) is 28.7 Å². The smallest absolute Gasteiger partial charge is 0.335 e. The van der Waals surface area contributed by atoms with Crippen molar-refractivity contribution < 1.29 is 18.3 Å². The fraction of sp³-hybridized carbons (Fsp3) is 0.308. The molecule has 1 aliphatic rings. The monoisotopic (exact) mass is 552 g/mol. The second-order valence-electron chi connectivity index (χ2n) is 9.40. The number of sulfonamides is 1. The minimum atomic E-state index is -3.71. The first-order valence-corrected chi connectivity index (χ1v) is 14.0. The quantitative estimate of drug-likeness (QED) is 0.298. The predicted molar refractivity (Wildman–Crippen MR) is 144 cm³/mol. The summed E-state index contributed by atoms with van der Waals surface area (Å²) < 4.78 is 29.1. The molecule has 1 aliphatic heterocycles. The lowest BCUT2D eigenvalue weighted by atomic mass is 10.1. The molecule has 0 spiro atoms. The summed E-state index contributed by atoms with van der Waals surface area (Å²) in [6.07, 6.45) is 0.628. The van der Waals surface area contributed by atoms with E-state index in [1.165, 1.54) is 16.4 Å². The van der Waals surface area contributed by atoms with Crippen molar-refractivity contribution in [3.63, 3.8) is 0 Å². The van der Waals surface area contributed by atoms with Crippen molar-refractivity contribution in [2.24, 2.45) is 0 Å². The summed E-state index contributed by atoms with van der Waals surface area (Å²) in [6.45, 7) is 4.52. The van der Waals surface area contributed by atoms with E-state index in [-0.39, 0.29) is 21.6 Å². The summed E-state index contributed by atoms with van der Waals surface area (Å²) in [5, 5.41) is 9.04. The Hall–Kier alpha value is -4.07. The van der Waals surface area contributed by atoms with Crippen LogP contribution in [0.2, 0.25) is 0 Å². The molecule has 12 nitrogen and oxygen atoms in total. The van der Waals surface area contributed by atoms with Gasteiger partial charge in [-0.2, -0.15) is 4.31 Å². The third-order valence-electron chi connectivity index (χ3n) is 6.78. The molecule has 2 aromatic carbocycles. The Bertz CT molecular complexity index is 1730. The van der Waals surface area contributed by atoms with E-state index in [0.29, 0.717) is 57.1 Å². The summed E-state index contributed by atoms with van der Waals surface area (Å²) in [6, 6.07) is 12.9. The van der Waals surface area contributed by atoms with E-state index < -0.39 is 27.2 Å². The average molecular weight is 553 g/mol. The number of nitrogens with one attached hydrogen (secondary N) is 2. The molecule has 0 bridgehead atoms. The van der Waals surface area contributed by atoms with Crippen molar-refractivity contribution >= 4 is 27.2 Å². The Morgan fingerprint density at radius 2 is 1.64 bits per heavy atom. The highest BCUT2D eigenvalue weighted by Gasteiger charge is 2.28. The molecule has 1 fully saturated rings. The number of H-pyrrole nitrogens is 2. The molecule has 204 valence electrons. The van der Waals surface area contributed by atoms with Crippen LogP contribution >= 0.6 is 0 Å². The van der Waals surface area contributed by atoms with Crippen LogP contribution in [0.25, 0.3) is 22.6 Å². The Kier molecular flexibility index (Phi) is 7.21. The largest absolute Gasteiger partial charge is 0.478 e. The van der Waals surface area contributed by atoms with Gasteiger partial charge in [-0.25, -0.2) is 23.0 Å². The molecule has 0 radical (unpaired) electrons. The number of rotatable bonds is 8. The fourth-order valence-corrected chi connectivity index (χ4v) is 6.07. The van der Waals surface area contributed by atoms with E-state index in [1.807, 2.05) is 6.92 Å². The van der Waals surface area contributed by atoms with Gasteiger partial charge in [0, 0.05) is 44.8 Å². The minimum absolute atomic E-state index is 0.152. The maximum atomic E-state index is 13.3. The van der Waals surface area contributed by atoms with Gasteiger partial charge >= 0.3 is 11.7 Å². The lowest BCUT2D eigenvalue weighted by molar-refractivity contribution is 0.0697. The van der Waals surface area contributed by atoms with Crippen LogP contribution in [0.3, 0.4) is 0 Å². The second-order valence-corrected chi connectivity index (χ2v) is 11.3. The molecule has 0 unspecified atom stereocenters. The topological polar surface area (TPSA) is 161 Å². The average Bonchev–Trinajstić information content (AvgIpc) is 3.36. The molecule has 5 rings (SSSR count). The van der Waals surface area contributed by atoms with Gasteiger partial charge in [0.2, 0.25) is 10.0 Å². The molecule has 4 aromatic rings. The first kappa shape index (κ1) is 26.5. The van der Waals surface area contributed by atoms with Gasteiger partial charge in [-0.3, -0.25) is 19.2 Å². The van der Waals surface area contributed by atoms with Crippen LogP contribution in [-0.2, 0) is 23.1 Å². The highest BCUT2D eigenvalue weighted by molar-refractivity contribution is 7.89. The fourth-order valence-electron chi connectivity index (χ4n) is 4.65. The lowest BCUT2D eigenvalue weighted by Gasteiger charge is -2.34. The zero-order valence-electron chi connectivity index (χ0n) is 21.3. The number of aromatic amines is 2. The van der Waals surface area contributed by atoms with Crippen LogP contribution in [0.15, 0.2) is 63.0 Å². The van der Waals surface area contributed by atoms with Gasteiger partial charge < -0.3 is 10.1 Å². The zero-order valence-corrected chi connectivity index (χ0v) is 22.1. The third kappa shape index (κ3) is 5.28. The molecule has 3 N–H and O–H groups in total. The molecule has 0 aliphatic carbocycles. The summed E-state index contributed by atoms with van der Waals surface area (Å²) in [7, 11) is -3.71. The molecule has 39 heavy (non-hydrogen) atoms. The van der Waals surface area contributed by atoms with Crippen molar-refractivity contribution in [2.75, 3.05) is 26.2 Å². The first-order valence-electron chi connectivity index (χ1n) is 12.6. The first-order chi connectivity index (χ1) is 18.7. The molecular formula is C26H28N6O6S. The van der Waals surface area contributed by atoms with Crippen LogP contribution in [-0.4, -0.2) is 74.4 Å². The van der Waals surface area contributed by atoms with E-state index >= 15 is 0 Å². The SMILES string of the molecule is CCCn1c(=O)[nH]c2nc(-c3ccc(S(=O)(=O)N4CCN(Cc5ccc(C(=O)O)cc5)CC4)cc3)[nH]c2c1=O. The van der Waals surface area contributed by atoms with Gasteiger partial charge in [0.1, 0.15) is 11.3 Å². The van der Waals surface area contributed by atoms with E-state index in [0.717, 1.165) is 10.1 Å². The molecule has 0 amide bonds. The number of piperazine rings is 1. The van der Waals surface area contributed by atoms with Crippen molar-refractivity contribution in [2.45, 2.75) is 31.3 Å². The van der Waals surface area contributed by atoms with E-state index in [2.05, 4.69) is 19.9 Å². The Morgan fingerprint density at radius 1 is 0.974 bits per heavy atom. The molecule has 13 heteroatoms. The van der Waals surface area contributed by atoms with Crippen LogP contribution in [0.1, 0.15) is 29.3 Å². The van der Waals surface area contributed by atoms with Crippen molar-refractivity contribution in [3.05, 3.63) is 80.5 Å².